The van der Waals surface area contributed by atoms with Crippen molar-refractivity contribution in [3.8, 4) is 5.75 Å². The van der Waals surface area contributed by atoms with Gasteiger partial charge in [0.25, 0.3) is 5.91 Å². The van der Waals surface area contributed by atoms with Crippen LogP contribution in [0.15, 0.2) is 35.4 Å². The van der Waals surface area contributed by atoms with E-state index >= 15 is 0 Å². The molecular weight excluding hydrogens is 759 g/mol. The van der Waals surface area contributed by atoms with Gasteiger partial charge >= 0.3 is 11.9 Å². The molecule has 1 aromatic rings. The van der Waals surface area contributed by atoms with Gasteiger partial charge in [0.2, 0.25) is 0 Å². The number of aliphatic hydroxyl groups excluding tert-OH is 1. The summed E-state index contributed by atoms with van der Waals surface area (Å²) < 4.78 is 17.8. The fourth-order valence-corrected chi connectivity index (χ4v) is 15.2. The molecule has 6 aliphatic carbocycles. The number of amides is 1. The molecule has 10 nitrogen and oxygen atoms in total. The zero-order valence-electron chi connectivity index (χ0n) is 37.7. The monoisotopic (exact) mass is 830 g/mol. The highest BCUT2D eigenvalue weighted by atomic mass is 16.6. The van der Waals surface area contributed by atoms with Crippen LogP contribution in [0.5, 0.6) is 5.75 Å². The van der Waals surface area contributed by atoms with Crippen molar-refractivity contribution in [3.05, 3.63) is 41.0 Å². The van der Waals surface area contributed by atoms with E-state index in [1.165, 1.54) is 5.57 Å². The predicted molar refractivity (Wildman–Crippen MR) is 227 cm³/mol. The number of carboxylic acid groups (broad SMARTS) is 1. The first-order chi connectivity index (χ1) is 28.1. The molecule has 0 unspecified atom stereocenters. The summed E-state index contributed by atoms with van der Waals surface area (Å²) in [5, 5.41) is 25.0. The predicted octanol–water partition coefficient (Wildman–Crippen LogP) is 8.58. The number of allylic oxidation sites excluding steroid dienone is 1. The molecule has 0 aromatic heterocycles. The standard InChI is InChI=1S/C50H71NO9/c1-28(2)40-35(52)25-50(38(53)26-51-42(54)29-10-12-30(13-11-29)59-31-18-23-58-27-31)22-21-48(8)32(41(40)50)14-15-37-47(7)19-17-39(46(5,6)36(47)16-20-49(37,48)9)60-44(57)34-24-33(43(55)56)45(34,3)4/h10-13,28,31-34,36-39,53H,14-27H2,1-9H3,(H,51,54)(H,55,56)/t31-,32-,33+,34-,36+,37-,38+,39+,47+,48-,49-,50+/m1/s1. The van der Waals surface area contributed by atoms with Crippen LogP contribution >= 0.6 is 0 Å². The average molecular weight is 830 g/mol. The number of aliphatic carboxylic acids is 1. The Labute approximate surface area is 357 Å². The number of hydrogen-bond donors (Lipinski definition) is 3. The first kappa shape index (κ1) is 43.4. The fraction of sp³-hybridized carbons (Fsp3) is 0.760. The molecule has 1 aromatic carbocycles. The smallest absolute Gasteiger partial charge is 0.309 e. The molecule has 3 N–H and O–H groups in total. The minimum Gasteiger partial charge on any atom is -0.488 e. The second-order valence-electron chi connectivity index (χ2n) is 22.5. The largest absolute Gasteiger partial charge is 0.488 e. The minimum absolute atomic E-state index is 0.00468. The quantitative estimate of drug-likeness (QED) is 0.197. The van der Waals surface area contributed by atoms with E-state index in [1.54, 1.807) is 24.3 Å². The Kier molecular flexibility index (Phi) is 10.8. The third-order valence-electron chi connectivity index (χ3n) is 18.9. The lowest BCUT2D eigenvalue weighted by Gasteiger charge is -2.72. The number of nitrogens with one attached hydrogen (secondary N) is 1. The molecule has 12 atom stereocenters. The van der Waals surface area contributed by atoms with Crippen molar-refractivity contribution in [2.45, 2.75) is 151 Å². The minimum atomic E-state index is -0.899. The number of aliphatic hydroxyl groups is 1. The highest BCUT2D eigenvalue weighted by Crippen LogP contribution is 2.77. The Morgan fingerprint density at radius 3 is 2.20 bits per heavy atom. The Morgan fingerprint density at radius 2 is 1.57 bits per heavy atom. The van der Waals surface area contributed by atoms with Crippen LogP contribution in [0.2, 0.25) is 0 Å². The molecule has 1 heterocycles. The number of Topliss-reactive ketones (excluding diaryl/α,β-unsaturated/α-hetero) is 1. The summed E-state index contributed by atoms with van der Waals surface area (Å²) in [4.78, 5) is 53.1. The lowest BCUT2D eigenvalue weighted by atomic mass is 9.33. The third kappa shape index (κ3) is 6.44. The number of ketones is 1. The summed E-state index contributed by atoms with van der Waals surface area (Å²) in [7, 11) is 0. The third-order valence-corrected chi connectivity index (χ3v) is 18.9. The molecular formula is C50H71NO9. The van der Waals surface area contributed by atoms with Gasteiger partial charge in [-0.3, -0.25) is 19.2 Å². The van der Waals surface area contributed by atoms with Crippen LogP contribution in [0.4, 0.5) is 0 Å². The zero-order chi connectivity index (χ0) is 43.4. The highest BCUT2D eigenvalue weighted by molar-refractivity contribution is 6.01. The average Bonchev–Trinajstić information content (AvgIpc) is 3.80. The molecule has 60 heavy (non-hydrogen) atoms. The SMILES string of the molecule is CC(C)C1=C2[C@H]3CC[C@@H]4[C@@]5(C)CC[C@H](OC(=O)[C@H]6C[C@@H](C(=O)O)C6(C)C)C(C)(C)[C@@H]5CC[C@@]4(C)[C@]3(C)CC[C@@]2([C@@H](O)CNC(=O)c2ccc(O[C@@H]3CCOC3)cc2)CC1=O. The maximum Gasteiger partial charge on any atom is 0.309 e. The highest BCUT2D eigenvalue weighted by Gasteiger charge is 2.71. The van der Waals surface area contributed by atoms with Gasteiger partial charge in [0.1, 0.15) is 18.0 Å². The first-order valence-corrected chi connectivity index (χ1v) is 23.1. The number of ether oxygens (including phenoxy) is 3. The number of benzene rings is 1. The zero-order valence-corrected chi connectivity index (χ0v) is 37.7. The molecule has 8 rings (SSSR count). The second-order valence-corrected chi connectivity index (χ2v) is 22.5. The van der Waals surface area contributed by atoms with Gasteiger partial charge in [-0.25, -0.2) is 0 Å². The lowest BCUT2D eigenvalue weighted by molar-refractivity contribution is -0.238. The number of fused-ring (bicyclic) bond motifs is 7. The summed E-state index contributed by atoms with van der Waals surface area (Å²) in [5.74, 6) is -0.424. The van der Waals surface area contributed by atoms with Crippen LogP contribution in [-0.4, -0.2) is 71.9 Å². The van der Waals surface area contributed by atoms with Gasteiger partial charge in [0.15, 0.2) is 5.78 Å². The number of esters is 1. The molecule has 10 heteroatoms. The van der Waals surface area contributed by atoms with E-state index in [4.69, 9.17) is 14.2 Å². The molecule has 0 bridgehead atoms. The lowest BCUT2D eigenvalue weighted by Crippen LogP contribution is -2.66. The van der Waals surface area contributed by atoms with Crippen molar-refractivity contribution in [2.24, 2.45) is 68.0 Å². The van der Waals surface area contributed by atoms with E-state index in [-0.39, 0.29) is 69.9 Å². The molecule has 330 valence electrons. The van der Waals surface area contributed by atoms with Gasteiger partial charge in [0, 0.05) is 35.8 Å². The van der Waals surface area contributed by atoms with Crippen LogP contribution in [0.3, 0.4) is 0 Å². The van der Waals surface area contributed by atoms with Gasteiger partial charge in [-0.2, -0.15) is 0 Å². The van der Waals surface area contributed by atoms with Crippen molar-refractivity contribution < 1.29 is 43.6 Å². The summed E-state index contributed by atoms with van der Waals surface area (Å²) >= 11 is 0. The maximum atomic E-state index is 14.2. The molecule has 0 radical (unpaired) electrons. The van der Waals surface area contributed by atoms with Crippen LogP contribution in [-0.2, 0) is 23.9 Å². The number of rotatable bonds is 10. The van der Waals surface area contributed by atoms with Crippen LogP contribution in [0.25, 0.3) is 0 Å². The number of carboxylic acids is 1. The van der Waals surface area contributed by atoms with Gasteiger partial charge in [-0.1, -0.05) is 67.9 Å². The topological polar surface area (TPSA) is 148 Å². The molecule has 1 aliphatic heterocycles. The van der Waals surface area contributed by atoms with E-state index in [1.807, 2.05) is 13.8 Å². The Morgan fingerprint density at radius 1 is 0.850 bits per heavy atom. The van der Waals surface area contributed by atoms with E-state index in [2.05, 4.69) is 53.8 Å². The van der Waals surface area contributed by atoms with Crippen molar-refractivity contribution in [1.29, 1.82) is 0 Å². The normalized spacial score (nSPS) is 40.6. The van der Waals surface area contributed by atoms with E-state index in [0.29, 0.717) is 55.6 Å². The maximum absolute atomic E-state index is 14.2. The van der Waals surface area contributed by atoms with Crippen LogP contribution < -0.4 is 10.1 Å². The van der Waals surface area contributed by atoms with Crippen molar-refractivity contribution >= 4 is 23.6 Å². The second kappa shape index (κ2) is 14.9. The molecule has 0 spiro atoms. The molecule has 1 saturated heterocycles. The van der Waals surface area contributed by atoms with Crippen LogP contribution in [0, 0.1) is 68.0 Å². The van der Waals surface area contributed by atoms with Crippen LogP contribution in [0.1, 0.15) is 143 Å². The summed E-state index contributed by atoms with van der Waals surface area (Å²) in [6, 6.07) is 7.11. The Balaban J connectivity index is 0.998. The Hall–Kier alpha value is -3.24. The molecule has 7 aliphatic rings. The van der Waals surface area contributed by atoms with E-state index in [0.717, 1.165) is 56.9 Å². The van der Waals surface area contributed by atoms with Crippen molar-refractivity contribution in [3.63, 3.8) is 0 Å². The van der Waals surface area contributed by atoms with E-state index < -0.39 is 34.7 Å². The van der Waals surface area contributed by atoms with E-state index in [9.17, 15) is 29.4 Å². The van der Waals surface area contributed by atoms with Gasteiger partial charge < -0.3 is 29.7 Å². The van der Waals surface area contributed by atoms with Crippen molar-refractivity contribution in [2.75, 3.05) is 19.8 Å². The Bertz CT molecular complexity index is 1930. The summed E-state index contributed by atoms with van der Waals surface area (Å²) in [6.45, 7) is 21.5. The molecule has 6 fully saturated rings. The number of carbonyl (C=O) groups excluding carboxylic acids is 3. The van der Waals surface area contributed by atoms with Gasteiger partial charge in [0.05, 0.1) is 31.2 Å². The molecule has 1 amide bonds. The number of carbonyl (C=O) groups is 4. The fourth-order valence-electron chi connectivity index (χ4n) is 15.2. The van der Waals surface area contributed by atoms with Gasteiger partial charge in [-0.05, 0) is 133 Å². The molecule has 5 saturated carbocycles. The van der Waals surface area contributed by atoms with Gasteiger partial charge in [-0.15, -0.1) is 0 Å². The first-order valence-electron chi connectivity index (χ1n) is 23.1. The number of hydrogen-bond acceptors (Lipinski definition) is 8. The van der Waals surface area contributed by atoms with Crippen molar-refractivity contribution in [1.82, 2.24) is 5.32 Å². The summed E-state index contributed by atoms with van der Waals surface area (Å²) in [5.41, 5.74) is 0.954. The summed E-state index contributed by atoms with van der Waals surface area (Å²) in [6.07, 6.45) is 7.83.